The zero-order valence-corrected chi connectivity index (χ0v) is 14.1. The molecule has 0 aliphatic carbocycles. The predicted octanol–water partition coefficient (Wildman–Crippen LogP) is 1.38. The van der Waals surface area contributed by atoms with Crippen molar-refractivity contribution in [2.45, 2.75) is 18.4 Å². The van der Waals surface area contributed by atoms with Crippen molar-refractivity contribution in [2.24, 2.45) is 5.14 Å². The topological polar surface area (TPSA) is 117 Å². The quantitative estimate of drug-likeness (QED) is 0.594. The van der Waals surface area contributed by atoms with E-state index in [2.05, 4.69) is 20.1 Å². The molecule has 0 unspecified atom stereocenters. The van der Waals surface area contributed by atoms with Crippen LogP contribution in [0.2, 0.25) is 0 Å². The molecule has 2 N–H and O–H groups in total. The van der Waals surface area contributed by atoms with Gasteiger partial charge in [-0.3, -0.25) is 9.67 Å². The van der Waals surface area contributed by atoms with Gasteiger partial charge in [0.25, 0.3) is 0 Å². The van der Waals surface area contributed by atoms with E-state index in [0.717, 1.165) is 22.0 Å². The molecule has 4 aromatic heterocycles. The monoisotopic (exact) mass is 354 g/mol. The summed E-state index contributed by atoms with van der Waals surface area (Å²) in [6.07, 6.45) is 4.73. The normalized spacial score (nSPS) is 12.1. The van der Waals surface area contributed by atoms with Crippen molar-refractivity contribution in [3.8, 4) is 0 Å². The van der Waals surface area contributed by atoms with Gasteiger partial charge in [0, 0.05) is 28.9 Å². The largest absolute Gasteiger partial charge is 0.258 e. The highest BCUT2D eigenvalue weighted by Gasteiger charge is 2.12. The van der Waals surface area contributed by atoms with Crippen LogP contribution in [0.25, 0.3) is 21.9 Å². The van der Waals surface area contributed by atoms with E-state index in [9.17, 15) is 8.42 Å². The molecule has 4 heterocycles. The van der Waals surface area contributed by atoms with Crippen LogP contribution in [0.3, 0.4) is 0 Å². The summed E-state index contributed by atoms with van der Waals surface area (Å²) >= 11 is 0. The molecule has 0 aromatic carbocycles. The first-order valence-electron chi connectivity index (χ1n) is 7.47. The number of rotatable bonds is 3. The predicted molar refractivity (Wildman–Crippen MR) is 92.3 cm³/mol. The molecule has 0 spiro atoms. The molecule has 0 amide bonds. The highest BCUT2D eigenvalue weighted by atomic mass is 32.2. The molecule has 0 atom stereocenters. The number of aromatic nitrogens is 5. The minimum Gasteiger partial charge on any atom is -0.258 e. The lowest BCUT2D eigenvalue weighted by Crippen LogP contribution is -2.13. The molecule has 4 aromatic rings. The van der Waals surface area contributed by atoms with Gasteiger partial charge < -0.3 is 0 Å². The van der Waals surface area contributed by atoms with E-state index in [1.807, 2.05) is 19.1 Å². The maximum Gasteiger partial charge on any atom is 0.239 e. The van der Waals surface area contributed by atoms with Gasteiger partial charge in [-0.2, -0.15) is 5.10 Å². The average molecular weight is 354 g/mol. The van der Waals surface area contributed by atoms with Crippen molar-refractivity contribution in [3.63, 3.8) is 0 Å². The Balaban J connectivity index is 1.79. The van der Waals surface area contributed by atoms with Gasteiger partial charge in [0.1, 0.15) is 4.90 Å². The number of pyridine rings is 3. The minimum absolute atomic E-state index is 0.0177. The van der Waals surface area contributed by atoms with E-state index in [-0.39, 0.29) is 4.90 Å². The van der Waals surface area contributed by atoms with Crippen LogP contribution in [0.15, 0.2) is 47.8 Å². The van der Waals surface area contributed by atoms with Crippen LogP contribution in [-0.2, 0) is 16.6 Å². The number of aryl methyl sites for hydroxylation is 1. The van der Waals surface area contributed by atoms with Crippen LogP contribution < -0.4 is 5.14 Å². The first kappa shape index (κ1) is 15.6. The van der Waals surface area contributed by atoms with Gasteiger partial charge in [0.15, 0.2) is 5.65 Å². The van der Waals surface area contributed by atoms with Gasteiger partial charge in [-0.1, -0.05) is 0 Å². The Kier molecular flexibility index (Phi) is 3.48. The van der Waals surface area contributed by atoms with Crippen LogP contribution >= 0.6 is 0 Å². The Hall–Kier alpha value is -2.91. The Morgan fingerprint density at radius 3 is 2.64 bits per heavy atom. The molecular weight excluding hydrogens is 340 g/mol. The fraction of sp³-hybridized carbons (Fsp3) is 0.125. The summed E-state index contributed by atoms with van der Waals surface area (Å²) in [5.74, 6) is 0. The Morgan fingerprint density at radius 2 is 1.92 bits per heavy atom. The molecule has 0 radical (unpaired) electrons. The first-order valence-corrected chi connectivity index (χ1v) is 9.02. The lowest BCUT2D eigenvalue weighted by molar-refractivity contribution is 0.597. The molecule has 8 nitrogen and oxygen atoms in total. The first-order chi connectivity index (χ1) is 11.9. The van der Waals surface area contributed by atoms with Crippen LogP contribution in [0, 0.1) is 6.92 Å². The zero-order valence-electron chi connectivity index (χ0n) is 13.3. The van der Waals surface area contributed by atoms with Crippen molar-refractivity contribution in [2.75, 3.05) is 0 Å². The maximum atomic E-state index is 11.3. The Bertz CT molecular complexity index is 1200. The number of nitrogens with zero attached hydrogens (tertiary/aromatic N) is 5. The fourth-order valence-corrected chi connectivity index (χ4v) is 3.15. The molecule has 0 bridgehead atoms. The summed E-state index contributed by atoms with van der Waals surface area (Å²) in [7, 11) is -3.75. The molecular formula is C16H14N6O2S. The van der Waals surface area contributed by atoms with Crippen LogP contribution in [0.4, 0.5) is 0 Å². The van der Waals surface area contributed by atoms with Gasteiger partial charge >= 0.3 is 0 Å². The molecule has 0 aliphatic heterocycles. The highest BCUT2D eigenvalue weighted by Crippen LogP contribution is 2.23. The molecule has 126 valence electrons. The second-order valence-corrected chi connectivity index (χ2v) is 7.28. The second-order valence-electron chi connectivity index (χ2n) is 5.72. The number of hydrogen-bond acceptors (Lipinski definition) is 6. The molecule has 0 fully saturated rings. The van der Waals surface area contributed by atoms with Crippen molar-refractivity contribution in [1.29, 1.82) is 0 Å². The smallest absolute Gasteiger partial charge is 0.239 e. The van der Waals surface area contributed by atoms with Gasteiger partial charge in [-0.15, -0.1) is 0 Å². The van der Waals surface area contributed by atoms with Crippen molar-refractivity contribution < 1.29 is 8.42 Å². The molecule has 0 saturated carbocycles. The average Bonchev–Trinajstić information content (AvgIpc) is 2.97. The van der Waals surface area contributed by atoms with E-state index in [1.165, 1.54) is 12.3 Å². The van der Waals surface area contributed by atoms with E-state index in [4.69, 9.17) is 5.14 Å². The summed E-state index contributed by atoms with van der Waals surface area (Å²) < 4.78 is 24.4. The summed E-state index contributed by atoms with van der Waals surface area (Å²) in [5, 5.41) is 11.3. The summed E-state index contributed by atoms with van der Waals surface area (Å²) in [5.41, 5.74) is 3.13. The van der Waals surface area contributed by atoms with Crippen LogP contribution in [-0.4, -0.2) is 33.2 Å². The minimum atomic E-state index is -3.75. The van der Waals surface area contributed by atoms with Crippen LogP contribution in [0.5, 0.6) is 0 Å². The summed E-state index contributed by atoms with van der Waals surface area (Å²) in [4.78, 5) is 13.0. The third kappa shape index (κ3) is 2.83. The fourth-order valence-electron chi connectivity index (χ4n) is 2.69. The number of fused-ring (bicyclic) bond motifs is 3. The lowest BCUT2D eigenvalue weighted by Gasteiger charge is -2.06. The Labute approximate surface area is 143 Å². The maximum absolute atomic E-state index is 11.3. The van der Waals surface area contributed by atoms with Crippen molar-refractivity contribution >= 4 is 32.0 Å². The van der Waals surface area contributed by atoms with Crippen molar-refractivity contribution in [1.82, 2.24) is 24.7 Å². The third-order valence-electron chi connectivity index (χ3n) is 3.90. The SMILES string of the molecule is Cc1ccc2c(ncc3cnn(Cc4ccc(S(N)(=O)=O)cn4)c32)n1. The summed E-state index contributed by atoms with van der Waals surface area (Å²) in [6, 6.07) is 6.97. The zero-order chi connectivity index (χ0) is 17.6. The second kappa shape index (κ2) is 5.57. The molecule has 25 heavy (non-hydrogen) atoms. The molecule has 0 saturated heterocycles. The van der Waals surface area contributed by atoms with E-state index in [1.54, 1.807) is 23.1 Å². The standard InChI is InChI=1S/C16H14N6O2S/c1-10-2-5-14-15-11(6-19-16(14)21-10)7-20-22(15)9-12-3-4-13(8-18-12)25(17,23)24/h2-8H,9H2,1H3,(H2,17,23,24). The summed E-state index contributed by atoms with van der Waals surface area (Å²) in [6.45, 7) is 2.31. The number of hydrogen-bond donors (Lipinski definition) is 1. The van der Waals surface area contributed by atoms with E-state index < -0.39 is 10.0 Å². The van der Waals surface area contributed by atoms with Crippen molar-refractivity contribution in [3.05, 3.63) is 54.2 Å². The van der Waals surface area contributed by atoms with E-state index in [0.29, 0.717) is 17.9 Å². The third-order valence-corrected chi connectivity index (χ3v) is 4.80. The van der Waals surface area contributed by atoms with Gasteiger partial charge in [0.2, 0.25) is 10.0 Å². The number of sulfonamides is 1. The van der Waals surface area contributed by atoms with Gasteiger partial charge in [0.05, 0.1) is 24.0 Å². The number of primary sulfonamides is 1. The Morgan fingerprint density at radius 1 is 1.08 bits per heavy atom. The molecule has 9 heteroatoms. The number of nitrogens with two attached hydrogens (primary N) is 1. The van der Waals surface area contributed by atoms with E-state index >= 15 is 0 Å². The highest BCUT2D eigenvalue weighted by molar-refractivity contribution is 7.89. The lowest BCUT2D eigenvalue weighted by atomic mass is 10.2. The molecule has 0 aliphatic rings. The van der Waals surface area contributed by atoms with Gasteiger partial charge in [-0.25, -0.2) is 23.5 Å². The molecule has 4 rings (SSSR count). The van der Waals surface area contributed by atoms with Gasteiger partial charge in [-0.05, 0) is 31.2 Å². The van der Waals surface area contributed by atoms with Crippen LogP contribution in [0.1, 0.15) is 11.4 Å².